The first-order valence-corrected chi connectivity index (χ1v) is 11.0. The van der Waals surface area contributed by atoms with E-state index in [0.717, 1.165) is 5.69 Å². The van der Waals surface area contributed by atoms with Crippen molar-refractivity contribution in [3.63, 3.8) is 0 Å². The van der Waals surface area contributed by atoms with Crippen molar-refractivity contribution in [1.82, 2.24) is 9.55 Å². The second kappa shape index (κ2) is 7.90. The molecule has 2 aromatic carbocycles. The van der Waals surface area contributed by atoms with Gasteiger partial charge in [-0.3, -0.25) is 9.52 Å². The Morgan fingerprint density at radius 2 is 1.83 bits per heavy atom. The van der Waals surface area contributed by atoms with Gasteiger partial charge in [0.25, 0.3) is 15.9 Å². The minimum atomic E-state index is -3.81. The Balaban J connectivity index is 1.56. The Bertz CT molecular complexity index is 1230. The second-order valence-corrected chi connectivity index (χ2v) is 8.60. The van der Waals surface area contributed by atoms with Crippen molar-refractivity contribution in [2.24, 2.45) is 0 Å². The molecule has 0 unspecified atom stereocenters. The third kappa shape index (κ3) is 4.20. The first-order valence-electron chi connectivity index (χ1n) is 8.59. The van der Waals surface area contributed by atoms with Gasteiger partial charge in [0.05, 0.1) is 4.90 Å². The Kier molecular flexibility index (Phi) is 5.15. The zero-order valence-corrected chi connectivity index (χ0v) is 16.7. The number of hydrogen-bond donors (Lipinski definition) is 2. The third-order valence-corrected chi connectivity index (χ3v) is 6.23. The molecule has 0 aliphatic carbocycles. The van der Waals surface area contributed by atoms with E-state index in [9.17, 15) is 13.2 Å². The van der Waals surface area contributed by atoms with Crippen molar-refractivity contribution in [3.8, 4) is 5.69 Å². The minimum absolute atomic E-state index is 0.0314. The van der Waals surface area contributed by atoms with Crippen LogP contribution in [0.15, 0.2) is 89.4 Å². The summed E-state index contributed by atoms with van der Waals surface area (Å²) in [6, 6.07) is 19.0. The number of rotatable bonds is 6. The SMILES string of the molecule is O=C(Nc1cccc(S(=O)(=O)Nc2nccs2)c1)c1cccn1-c1ccccc1. The number of aromatic nitrogens is 2. The van der Waals surface area contributed by atoms with Crippen molar-refractivity contribution in [2.75, 3.05) is 10.0 Å². The van der Waals surface area contributed by atoms with Gasteiger partial charge in [-0.2, -0.15) is 0 Å². The number of carbonyl (C=O) groups is 1. The van der Waals surface area contributed by atoms with Crippen molar-refractivity contribution in [1.29, 1.82) is 0 Å². The molecule has 0 aliphatic heterocycles. The average molecular weight is 425 g/mol. The van der Waals surface area contributed by atoms with E-state index in [2.05, 4.69) is 15.0 Å². The van der Waals surface area contributed by atoms with E-state index in [1.165, 1.54) is 29.7 Å². The normalized spacial score (nSPS) is 11.2. The van der Waals surface area contributed by atoms with Gasteiger partial charge in [0, 0.05) is 29.1 Å². The quantitative estimate of drug-likeness (QED) is 0.489. The summed E-state index contributed by atoms with van der Waals surface area (Å²) in [5, 5.41) is 4.72. The lowest BCUT2D eigenvalue weighted by atomic mass is 10.3. The van der Waals surface area contributed by atoms with E-state index < -0.39 is 10.0 Å². The summed E-state index contributed by atoms with van der Waals surface area (Å²) in [5.41, 5.74) is 1.66. The molecule has 0 saturated carbocycles. The summed E-state index contributed by atoms with van der Waals surface area (Å²) in [6.07, 6.45) is 3.31. The topological polar surface area (TPSA) is 93.1 Å². The lowest BCUT2D eigenvalue weighted by Crippen LogP contribution is -2.17. The predicted molar refractivity (Wildman–Crippen MR) is 113 cm³/mol. The summed E-state index contributed by atoms with van der Waals surface area (Å²) in [7, 11) is -3.81. The molecular weight excluding hydrogens is 408 g/mol. The number of para-hydroxylation sites is 1. The maximum atomic E-state index is 12.8. The van der Waals surface area contributed by atoms with Gasteiger partial charge in [-0.1, -0.05) is 24.3 Å². The van der Waals surface area contributed by atoms with Crippen LogP contribution in [0.4, 0.5) is 10.8 Å². The molecule has 2 heterocycles. The highest BCUT2D eigenvalue weighted by molar-refractivity contribution is 7.93. The van der Waals surface area contributed by atoms with E-state index >= 15 is 0 Å². The van der Waals surface area contributed by atoms with Crippen LogP contribution in [0.2, 0.25) is 0 Å². The monoisotopic (exact) mass is 424 g/mol. The van der Waals surface area contributed by atoms with Crippen LogP contribution in [-0.4, -0.2) is 23.9 Å². The second-order valence-electron chi connectivity index (χ2n) is 6.02. The number of nitrogens with zero attached hydrogens (tertiary/aromatic N) is 2. The van der Waals surface area contributed by atoms with Gasteiger partial charge in [0.1, 0.15) is 5.69 Å². The van der Waals surface area contributed by atoms with Gasteiger partial charge < -0.3 is 9.88 Å². The molecule has 2 N–H and O–H groups in total. The van der Waals surface area contributed by atoms with Crippen LogP contribution in [0.25, 0.3) is 5.69 Å². The highest BCUT2D eigenvalue weighted by Gasteiger charge is 2.17. The van der Waals surface area contributed by atoms with Crippen LogP contribution < -0.4 is 10.0 Å². The first-order chi connectivity index (χ1) is 14.0. The number of benzene rings is 2. The van der Waals surface area contributed by atoms with E-state index in [1.54, 1.807) is 40.4 Å². The van der Waals surface area contributed by atoms with E-state index in [0.29, 0.717) is 11.4 Å². The molecule has 7 nitrogen and oxygen atoms in total. The Morgan fingerprint density at radius 3 is 2.59 bits per heavy atom. The Morgan fingerprint density at radius 1 is 1.00 bits per heavy atom. The molecule has 146 valence electrons. The van der Waals surface area contributed by atoms with Crippen LogP contribution in [0, 0.1) is 0 Å². The molecule has 2 aromatic heterocycles. The zero-order valence-electron chi connectivity index (χ0n) is 15.0. The smallest absolute Gasteiger partial charge is 0.272 e. The molecule has 9 heteroatoms. The minimum Gasteiger partial charge on any atom is -0.321 e. The number of sulfonamides is 1. The molecule has 0 bridgehead atoms. The summed E-state index contributed by atoms with van der Waals surface area (Å²) >= 11 is 1.18. The molecule has 4 rings (SSSR count). The van der Waals surface area contributed by atoms with Crippen molar-refractivity contribution in [2.45, 2.75) is 4.90 Å². The van der Waals surface area contributed by atoms with Crippen molar-refractivity contribution in [3.05, 3.63) is 90.2 Å². The standard InChI is InChI=1S/C20H16N4O3S2/c25-19(18-10-5-12-24(18)16-7-2-1-3-8-16)22-15-6-4-9-17(14-15)29(26,27)23-20-21-11-13-28-20/h1-14H,(H,21,23)(H,22,25). The number of nitrogens with one attached hydrogen (secondary N) is 2. The number of carbonyl (C=O) groups excluding carboxylic acids is 1. The van der Waals surface area contributed by atoms with E-state index in [1.807, 2.05) is 30.3 Å². The average Bonchev–Trinajstić information content (AvgIpc) is 3.40. The highest BCUT2D eigenvalue weighted by atomic mass is 32.2. The molecule has 4 aromatic rings. The third-order valence-electron chi connectivity index (χ3n) is 4.07. The van der Waals surface area contributed by atoms with Crippen LogP contribution in [0.3, 0.4) is 0 Å². The first kappa shape index (κ1) is 18.9. The van der Waals surface area contributed by atoms with E-state index in [4.69, 9.17) is 0 Å². The highest BCUT2D eigenvalue weighted by Crippen LogP contribution is 2.21. The largest absolute Gasteiger partial charge is 0.321 e. The molecule has 29 heavy (non-hydrogen) atoms. The summed E-state index contributed by atoms with van der Waals surface area (Å²) in [6.45, 7) is 0. The lowest BCUT2D eigenvalue weighted by molar-refractivity contribution is 0.102. The molecule has 0 saturated heterocycles. The number of anilines is 2. The molecule has 0 atom stereocenters. The number of thiazole rings is 1. The summed E-state index contributed by atoms with van der Waals surface area (Å²) in [4.78, 5) is 16.7. The van der Waals surface area contributed by atoms with E-state index in [-0.39, 0.29) is 15.9 Å². The van der Waals surface area contributed by atoms with Crippen molar-refractivity contribution < 1.29 is 13.2 Å². The summed E-state index contributed by atoms with van der Waals surface area (Å²) < 4.78 is 29.3. The van der Waals surface area contributed by atoms with Gasteiger partial charge in [0.15, 0.2) is 5.13 Å². The maximum absolute atomic E-state index is 12.8. The molecule has 1 amide bonds. The molecule has 0 spiro atoms. The lowest BCUT2D eigenvalue weighted by Gasteiger charge is -2.11. The van der Waals surface area contributed by atoms with Crippen molar-refractivity contribution >= 4 is 38.1 Å². The van der Waals surface area contributed by atoms with Gasteiger partial charge in [-0.25, -0.2) is 13.4 Å². The molecule has 0 fully saturated rings. The van der Waals surface area contributed by atoms with Gasteiger partial charge >= 0.3 is 0 Å². The number of amides is 1. The van der Waals surface area contributed by atoms with Crippen LogP contribution >= 0.6 is 11.3 Å². The predicted octanol–water partition coefficient (Wildman–Crippen LogP) is 3.99. The Labute approximate surface area is 171 Å². The number of hydrogen-bond acceptors (Lipinski definition) is 5. The fourth-order valence-corrected chi connectivity index (χ4v) is 4.60. The maximum Gasteiger partial charge on any atom is 0.272 e. The zero-order chi connectivity index (χ0) is 20.3. The van der Waals surface area contributed by atoms with Crippen LogP contribution in [0.5, 0.6) is 0 Å². The van der Waals surface area contributed by atoms with Gasteiger partial charge in [0.2, 0.25) is 0 Å². The molecule has 0 aliphatic rings. The Hall–Kier alpha value is -3.43. The molecular formula is C20H16N4O3S2. The van der Waals surface area contributed by atoms with Gasteiger partial charge in [-0.05, 0) is 42.5 Å². The van der Waals surface area contributed by atoms with Crippen LogP contribution in [-0.2, 0) is 10.0 Å². The summed E-state index contributed by atoms with van der Waals surface area (Å²) in [5.74, 6) is -0.346. The van der Waals surface area contributed by atoms with Crippen LogP contribution in [0.1, 0.15) is 10.5 Å². The fourth-order valence-electron chi connectivity index (χ4n) is 2.76. The molecule has 0 radical (unpaired) electrons. The van der Waals surface area contributed by atoms with Gasteiger partial charge in [-0.15, -0.1) is 11.3 Å². The fraction of sp³-hybridized carbons (Fsp3) is 0.